The molecule has 7 nitrogen and oxygen atoms in total. The van der Waals surface area contributed by atoms with Crippen LogP contribution in [0.5, 0.6) is 0 Å². The van der Waals surface area contributed by atoms with Crippen LogP contribution in [0.25, 0.3) is 0 Å². The summed E-state index contributed by atoms with van der Waals surface area (Å²) in [6.45, 7) is 2.57. The molecule has 0 spiro atoms. The van der Waals surface area contributed by atoms with Crippen molar-refractivity contribution < 1.29 is 18.3 Å². The Hall–Kier alpha value is -2.35. The highest BCUT2D eigenvalue weighted by atomic mass is 32.2. The predicted molar refractivity (Wildman–Crippen MR) is 106 cm³/mol. The van der Waals surface area contributed by atoms with Crippen molar-refractivity contribution in [3.05, 3.63) is 47.7 Å². The number of aryl methyl sites for hydroxylation is 1. The molecule has 2 heterocycles. The number of carboxylic acid groups (broad SMARTS) is 1. The zero-order valence-corrected chi connectivity index (χ0v) is 16.7. The fourth-order valence-electron chi connectivity index (χ4n) is 3.93. The van der Waals surface area contributed by atoms with Gasteiger partial charge in [0.1, 0.15) is 11.9 Å². The smallest absolute Gasteiger partial charge is 0.326 e. The van der Waals surface area contributed by atoms with Crippen LogP contribution < -0.4 is 4.90 Å². The van der Waals surface area contributed by atoms with Crippen LogP contribution in [0.4, 0.5) is 5.82 Å². The lowest BCUT2D eigenvalue weighted by molar-refractivity contribution is -0.138. The molecule has 1 aromatic carbocycles. The zero-order chi connectivity index (χ0) is 19.9. The summed E-state index contributed by atoms with van der Waals surface area (Å²) in [5, 5.41) is 13.6. The Balaban J connectivity index is 1.62. The third-order valence-corrected chi connectivity index (χ3v) is 7.86. The molecule has 1 aromatic heterocycles. The van der Waals surface area contributed by atoms with Crippen LogP contribution in [0, 0.1) is 12.8 Å². The lowest BCUT2D eigenvalue weighted by atomic mass is 10.2. The Morgan fingerprint density at radius 1 is 1.25 bits per heavy atom. The van der Waals surface area contributed by atoms with E-state index >= 15 is 0 Å². The molecule has 2 aliphatic rings. The summed E-state index contributed by atoms with van der Waals surface area (Å²) in [5.74, 6) is 0.112. The first-order valence-electron chi connectivity index (χ1n) is 9.63. The topological polar surface area (TPSA) is 92.5 Å². The molecule has 2 aromatic rings. The number of carboxylic acids is 1. The molecule has 2 fully saturated rings. The van der Waals surface area contributed by atoms with Crippen LogP contribution in [-0.4, -0.2) is 52.9 Å². The molecule has 1 N–H and O–H groups in total. The average molecular weight is 404 g/mol. The van der Waals surface area contributed by atoms with Crippen LogP contribution in [0.1, 0.15) is 30.5 Å². The number of aromatic nitrogens is 2. The van der Waals surface area contributed by atoms with E-state index in [9.17, 15) is 18.3 Å². The van der Waals surface area contributed by atoms with Crippen LogP contribution in [0.2, 0.25) is 0 Å². The van der Waals surface area contributed by atoms with E-state index in [1.807, 2.05) is 43.3 Å². The molecule has 1 saturated heterocycles. The Morgan fingerprint density at radius 2 is 1.96 bits per heavy atom. The van der Waals surface area contributed by atoms with E-state index in [2.05, 4.69) is 5.10 Å². The summed E-state index contributed by atoms with van der Waals surface area (Å²) >= 11 is 0. The average Bonchev–Trinajstić information content (AvgIpc) is 3.18. The first-order valence-corrected chi connectivity index (χ1v) is 11.3. The Morgan fingerprint density at radius 3 is 2.61 bits per heavy atom. The first-order chi connectivity index (χ1) is 13.3. The summed E-state index contributed by atoms with van der Waals surface area (Å²) < 4.78 is 27.3. The van der Waals surface area contributed by atoms with E-state index in [-0.39, 0.29) is 24.6 Å². The Bertz CT molecular complexity index is 967. The van der Waals surface area contributed by atoms with Gasteiger partial charge in [0.15, 0.2) is 9.84 Å². The number of rotatable bonds is 7. The minimum Gasteiger partial charge on any atom is -0.480 e. The second kappa shape index (κ2) is 7.24. The molecule has 0 bridgehead atoms. The number of nitrogens with zero attached hydrogens (tertiary/aromatic N) is 3. The van der Waals surface area contributed by atoms with E-state index < -0.39 is 27.1 Å². The number of aliphatic carboxylic acids is 1. The largest absolute Gasteiger partial charge is 0.480 e. The van der Waals surface area contributed by atoms with Gasteiger partial charge in [-0.2, -0.15) is 5.10 Å². The number of hydrogen-bond donors (Lipinski definition) is 1. The van der Waals surface area contributed by atoms with Crippen molar-refractivity contribution in [3.63, 3.8) is 0 Å². The number of carbonyl (C=O) groups is 1. The standard InChI is InChI=1S/C20H25N3O4S/c1-14-9-19(23(21-14)11-15-5-3-2-4-6-15)22-12-17(10-18(22)20(24)25)28(26,27)13-16-7-8-16/h2-6,9,16-18H,7-8,10-13H2,1H3,(H,24,25). The number of hydrogen-bond acceptors (Lipinski definition) is 5. The van der Waals surface area contributed by atoms with Gasteiger partial charge in [0.25, 0.3) is 0 Å². The Labute approximate surface area is 164 Å². The minimum atomic E-state index is -3.30. The highest BCUT2D eigenvalue weighted by Crippen LogP contribution is 2.35. The van der Waals surface area contributed by atoms with E-state index in [0.29, 0.717) is 12.4 Å². The van der Waals surface area contributed by atoms with Gasteiger partial charge in [-0.15, -0.1) is 0 Å². The van der Waals surface area contributed by atoms with Gasteiger partial charge in [-0.1, -0.05) is 30.3 Å². The van der Waals surface area contributed by atoms with Gasteiger partial charge in [-0.3, -0.25) is 0 Å². The highest BCUT2D eigenvalue weighted by molar-refractivity contribution is 7.92. The fraction of sp³-hybridized carbons (Fsp3) is 0.500. The third-order valence-electron chi connectivity index (χ3n) is 5.57. The molecule has 1 aliphatic carbocycles. The monoisotopic (exact) mass is 403 g/mol. The molecule has 8 heteroatoms. The third kappa shape index (κ3) is 3.92. The first kappa shape index (κ1) is 19.0. The van der Waals surface area contributed by atoms with Crippen molar-refractivity contribution in [1.82, 2.24) is 9.78 Å². The van der Waals surface area contributed by atoms with Crippen LogP contribution in [0.3, 0.4) is 0 Å². The minimum absolute atomic E-state index is 0.125. The van der Waals surface area contributed by atoms with E-state index in [0.717, 1.165) is 24.1 Å². The maximum atomic E-state index is 12.8. The van der Waals surface area contributed by atoms with E-state index in [4.69, 9.17) is 0 Å². The molecular formula is C20H25N3O4S. The van der Waals surface area contributed by atoms with Crippen molar-refractivity contribution in [2.75, 3.05) is 17.2 Å². The highest BCUT2D eigenvalue weighted by Gasteiger charge is 2.45. The summed E-state index contributed by atoms with van der Waals surface area (Å²) in [5.41, 5.74) is 1.83. The molecule has 1 aliphatic heterocycles. The number of benzene rings is 1. The van der Waals surface area contributed by atoms with Crippen molar-refractivity contribution in [1.29, 1.82) is 0 Å². The van der Waals surface area contributed by atoms with Crippen molar-refractivity contribution >= 4 is 21.6 Å². The summed E-state index contributed by atoms with van der Waals surface area (Å²) in [4.78, 5) is 13.6. The number of anilines is 1. The van der Waals surface area contributed by atoms with E-state index in [1.165, 1.54) is 0 Å². The summed E-state index contributed by atoms with van der Waals surface area (Å²) in [6, 6.07) is 10.8. The molecule has 28 heavy (non-hydrogen) atoms. The molecule has 1 saturated carbocycles. The van der Waals surface area contributed by atoms with Gasteiger partial charge in [-0.05, 0) is 37.7 Å². The molecule has 2 atom stereocenters. The van der Waals surface area contributed by atoms with Crippen molar-refractivity contribution in [2.24, 2.45) is 5.92 Å². The van der Waals surface area contributed by atoms with Crippen molar-refractivity contribution in [3.8, 4) is 0 Å². The van der Waals surface area contributed by atoms with Crippen LogP contribution in [0.15, 0.2) is 36.4 Å². The number of sulfone groups is 1. The maximum Gasteiger partial charge on any atom is 0.326 e. The van der Waals surface area contributed by atoms with Gasteiger partial charge in [0, 0.05) is 12.6 Å². The second-order valence-electron chi connectivity index (χ2n) is 7.92. The quantitative estimate of drug-likeness (QED) is 0.761. The van der Waals surface area contributed by atoms with Gasteiger partial charge < -0.3 is 10.0 Å². The lowest BCUT2D eigenvalue weighted by Gasteiger charge is -2.24. The molecule has 0 amide bonds. The SMILES string of the molecule is Cc1cc(N2CC(S(=O)(=O)CC3CC3)CC2C(=O)O)n(Cc2ccccc2)n1. The molecular weight excluding hydrogens is 378 g/mol. The van der Waals surface area contributed by atoms with Crippen LogP contribution >= 0.6 is 0 Å². The molecule has 150 valence electrons. The van der Waals surface area contributed by atoms with E-state index in [1.54, 1.807) is 9.58 Å². The summed E-state index contributed by atoms with van der Waals surface area (Å²) in [7, 11) is -3.30. The molecule has 2 unspecified atom stereocenters. The summed E-state index contributed by atoms with van der Waals surface area (Å²) in [6.07, 6.45) is 2.04. The maximum absolute atomic E-state index is 12.8. The zero-order valence-electron chi connectivity index (χ0n) is 15.9. The predicted octanol–water partition coefficient (Wildman–Crippen LogP) is 2.10. The van der Waals surface area contributed by atoms with Crippen molar-refractivity contribution in [2.45, 2.75) is 44.0 Å². The van der Waals surface area contributed by atoms with Gasteiger partial charge in [0.05, 0.1) is 23.2 Å². The fourth-order valence-corrected chi connectivity index (χ4v) is 6.06. The normalized spacial score (nSPS) is 22.5. The van der Waals surface area contributed by atoms with Crippen LogP contribution in [-0.2, 0) is 21.2 Å². The van der Waals surface area contributed by atoms with Gasteiger partial charge >= 0.3 is 5.97 Å². The Kier molecular flexibility index (Phi) is 4.91. The second-order valence-corrected chi connectivity index (χ2v) is 10.2. The molecule has 0 radical (unpaired) electrons. The van der Waals surface area contributed by atoms with Gasteiger partial charge in [0.2, 0.25) is 0 Å². The van der Waals surface area contributed by atoms with Gasteiger partial charge in [-0.25, -0.2) is 17.9 Å². The molecule has 4 rings (SSSR count). The lowest BCUT2D eigenvalue weighted by Crippen LogP contribution is -2.37.